The molecule has 0 N–H and O–H groups in total. The maximum atomic E-state index is 12.3. The standard InChI is InChI=1S/C15H13BrN4O4/c1-19-15(23)20(18-17-19)9-5-6-12(13(16)7-9)14(22)24-11-4-2-3-10(21)8-11/h5-8H,2-4H2,1H3. The summed E-state index contributed by atoms with van der Waals surface area (Å²) in [6, 6.07) is 4.67. The number of esters is 1. The molecular formula is C15H13BrN4O4. The molecule has 0 bridgehead atoms. The van der Waals surface area contributed by atoms with E-state index < -0.39 is 11.7 Å². The van der Waals surface area contributed by atoms with Crippen molar-refractivity contribution in [3.05, 3.63) is 50.6 Å². The van der Waals surface area contributed by atoms with Gasteiger partial charge in [-0.3, -0.25) is 4.79 Å². The van der Waals surface area contributed by atoms with E-state index in [4.69, 9.17) is 4.74 Å². The second-order valence-electron chi connectivity index (χ2n) is 5.28. The number of hydrogen-bond donors (Lipinski definition) is 0. The minimum Gasteiger partial charge on any atom is -0.427 e. The van der Waals surface area contributed by atoms with Gasteiger partial charge in [-0.2, -0.15) is 9.36 Å². The first-order valence-electron chi connectivity index (χ1n) is 7.20. The number of ether oxygens (including phenoxy) is 1. The molecule has 1 aliphatic rings. The highest BCUT2D eigenvalue weighted by molar-refractivity contribution is 9.10. The Balaban J connectivity index is 1.85. The van der Waals surface area contributed by atoms with Gasteiger partial charge in [0.2, 0.25) is 0 Å². The van der Waals surface area contributed by atoms with E-state index in [0.717, 1.165) is 9.36 Å². The van der Waals surface area contributed by atoms with Crippen LogP contribution < -0.4 is 5.69 Å². The Morgan fingerprint density at radius 2 is 2.04 bits per heavy atom. The molecule has 0 radical (unpaired) electrons. The fourth-order valence-electron chi connectivity index (χ4n) is 2.29. The molecule has 0 fully saturated rings. The number of ketones is 1. The molecule has 0 amide bonds. The van der Waals surface area contributed by atoms with Crippen LogP contribution in [0.4, 0.5) is 0 Å². The molecule has 3 rings (SSSR count). The van der Waals surface area contributed by atoms with Crippen LogP contribution in [0.2, 0.25) is 0 Å². The zero-order chi connectivity index (χ0) is 17.3. The topological polar surface area (TPSA) is 96.1 Å². The Bertz CT molecular complexity index is 912. The van der Waals surface area contributed by atoms with E-state index in [2.05, 4.69) is 26.4 Å². The van der Waals surface area contributed by atoms with E-state index in [-0.39, 0.29) is 11.3 Å². The second-order valence-corrected chi connectivity index (χ2v) is 6.14. The summed E-state index contributed by atoms with van der Waals surface area (Å²) < 4.78 is 7.94. The summed E-state index contributed by atoms with van der Waals surface area (Å²) in [5, 5.41) is 7.37. The van der Waals surface area contributed by atoms with Crippen LogP contribution in [0.5, 0.6) is 0 Å². The molecule has 9 heteroatoms. The van der Waals surface area contributed by atoms with Gasteiger partial charge in [0.05, 0.1) is 11.3 Å². The fourth-order valence-corrected chi connectivity index (χ4v) is 2.82. The highest BCUT2D eigenvalue weighted by atomic mass is 79.9. The summed E-state index contributed by atoms with van der Waals surface area (Å²) in [7, 11) is 1.49. The molecular weight excluding hydrogens is 380 g/mol. The van der Waals surface area contributed by atoms with Crippen molar-refractivity contribution in [1.29, 1.82) is 0 Å². The van der Waals surface area contributed by atoms with E-state index in [1.807, 2.05) is 0 Å². The number of aromatic nitrogens is 4. The maximum absolute atomic E-state index is 12.3. The lowest BCUT2D eigenvalue weighted by molar-refractivity contribution is -0.115. The average Bonchev–Trinajstić information content (AvgIpc) is 2.86. The zero-order valence-electron chi connectivity index (χ0n) is 12.7. The average molecular weight is 393 g/mol. The molecule has 1 aromatic carbocycles. The van der Waals surface area contributed by atoms with Crippen molar-refractivity contribution in [3.63, 3.8) is 0 Å². The van der Waals surface area contributed by atoms with Crippen LogP contribution in [-0.2, 0) is 16.6 Å². The number of rotatable bonds is 3. The zero-order valence-corrected chi connectivity index (χ0v) is 14.3. The largest absolute Gasteiger partial charge is 0.427 e. The first kappa shape index (κ1) is 16.3. The van der Waals surface area contributed by atoms with Gasteiger partial charge in [0, 0.05) is 30.4 Å². The number of hydrogen-bond acceptors (Lipinski definition) is 6. The summed E-state index contributed by atoms with van der Waals surface area (Å²) in [5.74, 6) is -0.237. The van der Waals surface area contributed by atoms with Crippen molar-refractivity contribution in [2.75, 3.05) is 0 Å². The molecule has 0 saturated carbocycles. The van der Waals surface area contributed by atoms with Crippen molar-refractivity contribution in [2.24, 2.45) is 7.05 Å². The third-order valence-corrected chi connectivity index (χ3v) is 4.19. The molecule has 1 aromatic heterocycles. The van der Waals surface area contributed by atoms with Gasteiger partial charge in [0.25, 0.3) is 0 Å². The SMILES string of the molecule is Cn1nnn(-c2ccc(C(=O)OC3=CC(=O)CCC3)c(Br)c2)c1=O. The number of benzene rings is 1. The lowest BCUT2D eigenvalue weighted by atomic mass is 10.1. The molecule has 1 heterocycles. The highest BCUT2D eigenvalue weighted by Gasteiger charge is 2.18. The lowest BCUT2D eigenvalue weighted by Crippen LogP contribution is -2.22. The Labute approximate surface area is 144 Å². The molecule has 2 aromatic rings. The molecule has 24 heavy (non-hydrogen) atoms. The summed E-state index contributed by atoms with van der Waals surface area (Å²) >= 11 is 3.30. The number of carbonyl (C=O) groups is 2. The number of allylic oxidation sites excluding steroid dienone is 2. The summed E-state index contributed by atoms with van der Waals surface area (Å²) in [4.78, 5) is 35.5. The third kappa shape index (κ3) is 3.21. The van der Waals surface area contributed by atoms with Crippen LogP contribution >= 0.6 is 15.9 Å². The predicted octanol–water partition coefficient (Wildman–Crippen LogP) is 1.52. The van der Waals surface area contributed by atoms with Crippen LogP contribution in [0.3, 0.4) is 0 Å². The summed E-state index contributed by atoms with van der Waals surface area (Å²) in [6.07, 6.45) is 3.07. The first-order chi connectivity index (χ1) is 11.5. The quantitative estimate of drug-likeness (QED) is 0.734. The normalized spacial score (nSPS) is 14.4. The van der Waals surface area contributed by atoms with Crippen molar-refractivity contribution in [1.82, 2.24) is 19.8 Å². The molecule has 0 saturated heterocycles. The Kier molecular flexibility index (Phi) is 4.43. The van der Waals surface area contributed by atoms with Gasteiger partial charge in [-0.05, 0) is 51.0 Å². The summed E-state index contributed by atoms with van der Waals surface area (Å²) in [5.41, 5.74) is 0.348. The lowest BCUT2D eigenvalue weighted by Gasteiger charge is -2.13. The predicted molar refractivity (Wildman–Crippen MR) is 86.7 cm³/mol. The number of aryl methyl sites for hydroxylation is 1. The molecule has 8 nitrogen and oxygen atoms in total. The van der Waals surface area contributed by atoms with Gasteiger partial charge in [-0.1, -0.05) is 0 Å². The molecule has 0 unspecified atom stereocenters. The maximum Gasteiger partial charge on any atom is 0.368 e. The molecule has 124 valence electrons. The fraction of sp³-hybridized carbons (Fsp3) is 0.267. The number of carbonyl (C=O) groups excluding carboxylic acids is 2. The Morgan fingerprint density at radius 1 is 1.25 bits per heavy atom. The number of nitrogens with zero attached hydrogens (tertiary/aromatic N) is 4. The van der Waals surface area contributed by atoms with E-state index in [9.17, 15) is 14.4 Å². The van der Waals surface area contributed by atoms with E-state index in [0.29, 0.717) is 35.2 Å². The Hall–Kier alpha value is -2.55. The van der Waals surface area contributed by atoms with Gasteiger partial charge in [-0.25, -0.2) is 9.59 Å². The van der Waals surface area contributed by atoms with Crippen molar-refractivity contribution < 1.29 is 14.3 Å². The molecule has 0 spiro atoms. The Morgan fingerprint density at radius 3 is 2.67 bits per heavy atom. The molecule has 0 atom stereocenters. The van der Waals surface area contributed by atoms with Crippen molar-refractivity contribution >= 4 is 27.7 Å². The van der Waals surface area contributed by atoms with E-state index >= 15 is 0 Å². The van der Waals surface area contributed by atoms with Gasteiger partial charge in [0.1, 0.15) is 5.76 Å². The minimum absolute atomic E-state index is 0.0412. The number of tetrazole rings is 1. The highest BCUT2D eigenvalue weighted by Crippen LogP contribution is 2.23. The van der Waals surface area contributed by atoms with Crippen molar-refractivity contribution in [3.8, 4) is 5.69 Å². The smallest absolute Gasteiger partial charge is 0.368 e. The van der Waals surface area contributed by atoms with Gasteiger partial charge in [0.15, 0.2) is 5.78 Å². The third-order valence-electron chi connectivity index (χ3n) is 3.53. The van der Waals surface area contributed by atoms with Crippen molar-refractivity contribution in [2.45, 2.75) is 19.3 Å². The minimum atomic E-state index is -0.569. The summed E-state index contributed by atoms with van der Waals surface area (Å²) in [6.45, 7) is 0. The second kappa shape index (κ2) is 6.52. The first-order valence-corrected chi connectivity index (χ1v) is 7.99. The molecule has 0 aliphatic heterocycles. The number of halogens is 1. The van der Waals surface area contributed by atoms with Gasteiger partial charge in [-0.15, -0.1) is 0 Å². The molecule has 1 aliphatic carbocycles. The van der Waals surface area contributed by atoms with Crippen LogP contribution in [0.25, 0.3) is 5.69 Å². The monoisotopic (exact) mass is 392 g/mol. The van der Waals surface area contributed by atoms with Crippen LogP contribution in [-0.4, -0.2) is 31.5 Å². The van der Waals surface area contributed by atoms with E-state index in [1.54, 1.807) is 12.1 Å². The van der Waals surface area contributed by atoms with Crippen LogP contribution in [0.1, 0.15) is 29.6 Å². The van der Waals surface area contributed by atoms with E-state index in [1.165, 1.54) is 19.2 Å². The van der Waals surface area contributed by atoms with Gasteiger partial charge >= 0.3 is 11.7 Å². The van der Waals surface area contributed by atoms with Gasteiger partial charge < -0.3 is 4.74 Å². The van der Waals surface area contributed by atoms with Crippen LogP contribution in [0.15, 0.2) is 39.3 Å². The van der Waals surface area contributed by atoms with Crippen LogP contribution in [0, 0.1) is 0 Å².